The Kier molecular flexibility index (Phi) is 3.38. The normalized spacial score (nSPS) is 14.9. The summed E-state index contributed by atoms with van der Waals surface area (Å²) >= 11 is 0. The number of nitrogens with one attached hydrogen (secondary N) is 2. The summed E-state index contributed by atoms with van der Waals surface area (Å²) in [6.07, 6.45) is 3.61. The Hall–Kier alpha value is -2.61. The summed E-state index contributed by atoms with van der Waals surface area (Å²) in [4.78, 5) is 12.0. The van der Waals surface area contributed by atoms with Gasteiger partial charge in [-0.25, -0.2) is 0 Å². The fourth-order valence-electron chi connectivity index (χ4n) is 2.61. The molecule has 0 saturated carbocycles. The number of rotatable bonds is 5. The van der Waals surface area contributed by atoms with Gasteiger partial charge in [0.15, 0.2) is 0 Å². The second-order valence-corrected chi connectivity index (χ2v) is 5.43. The molecule has 0 spiro atoms. The Morgan fingerprint density at radius 1 is 1.43 bits per heavy atom. The second kappa shape index (κ2) is 5.54. The van der Waals surface area contributed by atoms with E-state index in [0.29, 0.717) is 37.7 Å². The molecule has 120 valence electrons. The number of nitrogens with zero attached hydrogens (tertiary/aromatic N) is 4. The molecule has 1 fully saturated rings. The molecule has 0 aromatic carbocycles. The summed E-state index contributed by atoms with van der Waals surface area (Å²) < 4.78 is 12.8. The first-order valence-corrected chi connectivity index (χ1v) is 7.63. The van der Waals surface area contributed by atoms with Gasteiger partial charge in [0.2, 0.25) is 11.8 Å². The molecule has 0 bridgehead atoms. The van der Waals surface area contributed by atoms with Gasteiger partial charge in [-0.1, -0.05) is 0 Å². The molecule has 4 rings (SSSR count). The van der Waals surface area contributed by atoms with Crippen LogP contribution in [0.5, 0.6) is 5.88 Å². The molecule has 4 heterocycles. The molecule has 0 aliphatic carbocycles. The van der Waals surface area contributed by atoms with Gasteiger partial charge in [-0.05, 0) is 19.9 Å². The second-order valence-electron chi connectivity index (χ2n) is 5.43. The van der Waals surface area contributed by atoms with Crippen LogP contribution in [0.15, 0.2) is 18.5 Å². The van der Waals surface area contributed by atoms with Crippen LogP contribution in [-0.4, -0.2) is 44.6 Å². The Morgan fingerprint density at radius 3 is 3.04 bits per heavy atom. The first-order valence-electron chi connectivity index (χ1n) is 7.63. The van der Waals surface area contributed by atoms with Crippen LogP contribution in [0.1, 0.15) is 18.7 Å². The lowest BCUT2D eigenvalue weighted by molar-refractivity contribution is -0.0294. The molecule has 1 aliphatic heterocycles. The van der Waals surface area contributed by atoms with E-state index in [4.69, 9.17) is 9.47 Å². The maximum Gasteiger partial charge on any atom is 0.232 e. The number of hydrogen-bond acceptors (Lipinski definition) is 6. The van der Waals surface area contributed by atoms with Gasteiger partial charge in [-0.15, -0.1) is 0 Å². The van der Waals surface area contributed by atoms with E-state index in [1.807, 2.05) is 30.8 Å². The highest BCUT2D eigenvalue weighted by Crippen LogP contribution is 2.27. The van der Waals surface area contributed by atoms with Crippen molar-refractivity contribution in [1.82, 2.24) is 24.7 Å². The monoisotopic (exact) mass is 314 g/mol. The van der Waals surface area contributed by atoms with Gasteiger partial charge in [0.1, 0.15) is 5.65 Å². The third-order valence-corrected chi connectivity index (χ3v) is 3.92. The summed E-state index contributed by atoms with van der Waals surface area (Å²) in [6.45, 7) is 5.92. The molecule has 8 nitrogen and oxygen atoms in total. The zero-order valence-corrected chi connectivity index (χ0v) is 13.0. The van der Waals surface area contributed by atoms with Crippen molar-refractivity contribution in [3.63, 3.8) is 0 Å². The standard InChI is InChI=1S/C15H18N6O2/c1-3-23-14-11-4-5-16-13(11)19-15(20-14)18-12-6-17-21(9(12)2)10-7-22-8-10/h4-6,10H,3,7-8H2,1-2H3,(H2,16,18,19,20). The fraction of sp³-hybridized carbons (Fsp3) is 0.400. The van der Waals surface area contributed by atoms with Crippen molar-refractivity contribution in [1.29, 1.82) is 0 Å². The van der Waals surface area contributed by atoms with Crippen molar-refractivity contribution in [2.45, 2.75) is 19.9 Å². The molecule has 0 amide bonds. The van der Waals surface area contributed by atoms with Crippen LogP contribution in [0.25, 0.3) is 11.0 Å². The van der Waals surface area contributed by atoms with Crippen LogP contribution in [0.3, 0.4) is 0 Å². The Morgan fingerprint density at radius 2 is 2.30 bits per heavy atom. The number of anilines is 2. The number of ether oxygens (including phenoxy) is 2. The van der Waals surface area contributed by atoms with Crippen LogP contribution in [0, 0.1) is 6.92 Å². The molecule has 8 heteroatoms. The largest absolute Gasteiger partial charge is 0.477 e. The SMILES string of the molecule is CCOc1nc(Nc2cnn(C3COC3)c2C)nc2[nH]ccc12. The predicted octanol–water partition coefficient (Wildman–Crippen LogP) is 2.18. The Bertz CT molecular complexity index is 836. The van der Waals surface area contributed by atoms with Gasteiger partial charge in [0.05, 0.1) is 48.8 Å². The van der Waals surface area contributed by atoms with Crippen LogP contribution < -0.4 is 10.1 Å². The van der Waals surface area contributed by atoms with Crippen molar-refractivity contribution in [2.24, 2.45) is 0 Å². The van der Waals surface area contributed by atoms with Crippen LogP contribution in [0.2, 0.25) is 0 Å². The van der Waals surface area contributed by atoms with Gasteiger partial charge in [-0.3, -0.25) is 4.68 Å². The van der Waals surface area contributed by atoms with Crippen molar-refractivity contribution in [2.75, 3.05) is 25.1 Å². The zero-order valence-electron chi connectivity index (χ0n) is 13.0. The molecule has 1 saturated heterocycles. The molecular formula is C15H18N6O2. The molecule has 3 aromatic rings. The highest BCUT2D eigenvalue weighted by Gasteiger charge is 2.24. The molecule has 2 N–H and O–H groups in total. The van der Waals surface area contributed by atoms with Gasteiger partial charge in [0, 0.05) is 6.20 Å². The van der Waals surface area contributed by atoms with E-state index in [9.17, 15) is 0 Å². The maximum absolute atomic E-state index is 5.61. The summed E-state index contributed by atoms with van der Waals surface area (Å²) in [7, 11) is 0. The highest BCUT2D eigenvalue weighted by atomic mass is 16.5. The van der Waals surface area contributed by atoms with Gasteiger partial charge < -0.3 is 19.8 Å². The summed E-state index contributed by atoms with van der Waals surface area (Å²) in [6, 6.07) is 2.22. The highest BCUT2D eigenvalue weighted by molar-refractivity contribution is 5.82. The first kappa shape index (κ1) is 14.0. The van der Waals surface area contributed by atoms with Crippen molar-refractivity contribution in [3.05, 3.63) is 24.2 Å². The topological polar surface area (TPSA) is 89.9 Å². The number of hydrogen-bond donors (Lipinski definition) is 2. The fourth-order valence-corrected chi connectivity index (χ4v) is 2.61. The molecule has 0 atom stereocenters. The van der Waals surface area contributed by atoms with Crippen molar-refractivity contribution < 1.29 is 9.47 Å². The van der Waals surface area contributed by atoms with Crippen LogP contribution >= 0.6 is 0 Å². The Balaban J connectivity index is 1.65. The van der Waals surface area contributed by atoms with E-state index in [1.165, 1.54) is 0 Å². The number of aromatic nitrogens is 5. The maximum atomic E-state index is 5.61. The van der Waals surface area contributed by atoms with Gasteiger partial charge in [-0.2, -0.15) is 15.1 Å². The van der Waals surface area contributed by atoms with Gasteiger partial charge >= 0.3 is 0 Å². The van der Waals surface area contributed by atoms with Crippen LogP contribution in [-0.2, 0) is 4.74 Å². The summed E-state index contributed by atoms with van der Waals surface area (Å²) in [5.74, 6) is 1.05. The lowest BCUT2D eigenvalue weighted by Crippen LogP contribution is -2.32. The van der Waals surface area contributed by atoms with E-state index < -0.39 is 0 Å². The van der Waals surface area contributed by atoms with E-state index in [0.717, 1.165) is 22.4 Å². The van der Waals surface area contributed by atoms with Crippen molar-refractivity contribution in [3.8, 4) is 5.88 Å². The minimum atomic E-state index is 0.316. The number of fused-ring (bicyclic) bond motifs is 1. The Labute approximate surface area is 132 Å². The zero-order chi connectivity index (χ0) is 15.8. The number of H-pyrrole nitrogens is 1. The molecular weight excluding hydrogens is 296 g/mol. The lowest BCUT2D eigenvalue weighted by Gasteiger charge is -2.27. The van der Waals surface area contributed by atoms with Crippen LogP contribution in [0.4, 0.5) is 11.6 Å². The molecule has 3 aromatic heterocycles. The summed E-state index contributed by atoms with van der Waals surface area (Å²) in [5, 5.41) is 8.53. The first-order chi connectivity index (χ1) is 11.3. The minimum Gasteiger partial charge on any atom is -0.477 e. The van der Waals surface area contributed by atoms with E-state index in [2.05, 4.69) is 25.4 Å². The molecule has 0 unspecified atom stereocenters. The quantitative estimate of drug-likeness (QED) is 0.750. The van der Waals surface area contributed by atoms with Gasteiger partial charge in [0.25, 0.3) is 0 Å². The average Bonchev–Trinajstić information content (AvgIpc) is 3.08. The number of aromatic amines is 1. The average molecular weight is 314 g/mol. The third-order valence-electron chi connectivity index (χ3n) is 3.92. The molecule has 1 aliphatic rings. The predicted molar refractivity (Wildman–Crippen MR) is 85.2 cm³/mol. The van der Waals surface area contributed by atoms with Crippen molar-refractivity contribution >= 4 is 22.7 Å². The van der Waals surface area contributed by atoms with E-state index >= 15 is 0 Å². The van der Waals surface area contributed by atoms with E-state index in [1.54, 1.807) is 6.20 Å². The molecule has 0 radical (unpaired) electrons. The summed E-state index contributed by atoms with van der Waals surface area (Å²) in [5.41, 5.74) is 2.65. The third kappa shape index (κ3) is 2.40. The smallest absolute Gasteiger partial charge is 0.232 e. The lowest BCUT2D eigenvalue weighted by atomic mass is 10.2. The minimum absolute atomic E-state index is 0.316. The molecule has 23 heavy (non-hydrogen) atoms. The van der Waals surface area contributed by atoms with E-state index in [-0.39, 0.29) is 0 Å².